The fourth-order valence-corrected chi connectivity index (χ4v) is 1.45. The van der Waals surface area contributed by atoms with Crippen LogP contribution in [-0.2, 0) is 4.79 Å². The van der Waals surface area contributed by atoms with Gasteiger partial charge in [-0.25, -0.2) is 4.98 Å². The van der Waals surface area contributed by atoms with E-state index in [-0.39, 0.29) is 36.2 Å². The zero-order valence-electron chi connectivity index (χ0n) is 11.5. The number of carbonyl (C=O) groups excluding carboxylic acids is 1. The maximum Gasteiger partial charge on any atom is 0.311 e. The van der Waals surface area contributed by atoms with Gasteiger partial charge in [-0.2, -0.15) is 0 Å². The first kappa shape index (κ1) is 15.7. The molecule has 110 valence electrons. The van der Waals surface area contributed by atoms with Crippen LogP contribution in [-0.4, -0.2) is 28.9 Å². The van der Waals surface area contributed by atoms with Crippen molar-refractivity contribution < 1.29 is 9.72 Å². The first-order chi connectivity index (χ1) is 9.40. The molecule has 0 unspecified atom stereocenters. The van der Waals surface area contributed by atoms with Gasteiger partial charge < -0.3 is 16.4 Å². The number of pyridine rings is 1. The summed E-state index contributed by atoms with van der Waals surface area (Å²) in [5, 5.41) is 16.3. The highest BCUT2D eigenvalue weighted by atomic mass is 16.6. The lowest BCUT2D eigenvalue weighted by molar-refractivity contribution is -0.384. The summed E-state index contributed by atoms with van der Waals surface area (Å²) in [6, 6.07) is 2.64. The zero-order valence-corrected chi connectivity index (χ0v) is 11.5. The topological polar surface area (TPSA) is 123 Å². The summed E-state index contributed by atoms with van der Waals surface area (Å²) in [6.45, 7) is 4.86. The van der Waals surface area contributed by atoms with E-state index < -0.39 is 4.92 Å². The summed E-state index contributed by atoms with van der Waals surface area (Å²) >= 11 is 0. The summed E-state index contributed by atoms with van der Waals surface area (Å²) < 4.78 is 0. The molecule has 0 spiro atoms. The number of amides is 1. The quantitative estimate of drug-likeness (QED) is 0.508. The van der Waals surface area contributed by atoms with Crippen LogP contribution in [0.15, 0.2) is 12.1 Å². The van der Waals surface area contributed by atoms with Crippen LogP contribution in [0.25, 0.3) is 0 Å². The minimum atomic E-state index is -0.548. The average molecular weight is 281 g/mol. The smallest absolute Gasteiger partial charge is 0.311 e. The van der Waals surface area contributed by atoms with Crippen LogP contribution in [0.4, 0.5) is 17.3 Å². The van der Waals surface area contributed by atoms with Gasteiger partial charge in [0, 0.05) is 25.6 Å². The number of anilines is 2. The third-order valence-corrected chi connectivity index (χ3v) is 2.44. The van der Waals surface area contributed by atoms with Crippen molar-refractivity contribution in [3.8, 4) is 0 Å². The molecule has 0 saturated carbocycles. The summed E-state index contributed by atoms with van der Waals surface area (Å²) in [5.74, 6) is 0.523. The molecule has 0 aromatic carbocycles. The Morgan fingerprint density at radius 1 is 1.50 bits per heavy atom. The Morgan fingerprint density at radius 3 is 2.80 bits per heavy atom. The Kier molecular flexibility index (Phi) is 5.70. The van der Waals surface area contributed by atoms with Gasteiger partial charge >= 0.3 is 5.69 Å². The van der Waals surface area contributed by atoms with Crippen LogP contribution in [0.3, 0.4) is 0 Å². The third kappa shape index (κ3) is 5.09. The molecule has 0 radical (unpaired) electrons. The van der Waals surface area contributed by atoms with Gasteiger partial charge in [0.05, 0.1) is 4.92 Å². The Balaban J connectivity index is 2.51. The Labute approximate surface area is 116 Å². The van der Waals surface area contributed by atoms with Crippen LogP contribution in [0.5, 0.6) is 0 Å². The minimum absolute atomic E-state index is 0.0756. The fourth-order valence-electron chi connectivity index (χ4n) is 1.45. The fraction of sp³-hybridized carbons (Fsp3) is 0.500. The number of nitrogens with two attached hydrogens (primary N) is 1. The molecule has 0 fully saturated rings. The Hall–Kier alpha value is -2.38. The molecule has 4 N–H and O–H groups in total. The van der Waals surface area contributed by atoms with Gasteiger partial charge in [-0.15, -0.1) is 0 Å². The summed E-state index contributed by atoms with van der Waals surface area (Å²) in [6.07, 6.45) is 0.209. The molecule has 20 heavy (non-hydrogen) atoms. The molecule has 1 aromatic rings. The molecule has 8 heteroatoms. The van der Waals surface area contributed by atoms with Crippen molar-refractivity contribution >= 4 is 23.2 Å². The minimum Gasteiger partial charge on any atom is -0.384 e. The molecule has 0 bridgehead atoms. The van der Waals surface area contributed by atoms with Crippen molar-refractivity contribution in [2.45, 2.75) is 20.3 Å². The standard InChI is InChI=1S/C12H19N5O3/c1-8(2)7-15-11(18)5-6-14-12-9(17(19)20)3-4-10(13)16-12/h3-4,8H,5-7H2,1-2H3,(H,15,18)(H3,13,14,16). The predicted octanol–water partition coefficient (Wildman–Crippen LogP) is 1.15. The normalized spacial score (nSPS) is 10.3. The first-order valence-corrected chi connectivity index (χ1v) is 6.31. The molecular formula is C12H19N5O3. The first-order valence-electron chi connectivity index (χ1n) is 6.31. The van der Waals surface area contributed by atoms with Crippen molar-refractivity contribution in [2.24, 2.45) is 5.92 Å². The lowest BCUT2D eigenvalue weighted by Gasteiger charge is -2.09. The van der Waals surface area contributed by atoms with Gasteiger partial charge in [-0.05, 0) is 12.0 Å². The SMILES string of the molecule is CC(C)CNC(=O)CCNc1nc(N)ccc1[N+](=O)[O-]. The molecule has 1 rings (SSSR count). The second-order valence-corrected chi connectivity index (χ2v) is 4.74. The van der Waals surface area contributed by atoms with Crippen molar-refractivity contribution in [3.05, 3.63) is 22.2 Å². The van der Waals surface area contributed by atoms with E-state index in [4.69, 9.17) is 5.73 Å². The van der Waals surface area contributed by atoms with Crippen molar-refractivity contribution in [3.63, 3.8) is 0 Å². The van der Waals surface area contributed by atoms with Crippen molar-refractivity contribution in [1.82, 2.24) is 10.3 Å². The zero-order chi connectivity index (χ0) is 15.1. The molecule has 0 atom stereocenters. The molecule has 0 aliphatic rings. The molecular weight excluding hydrogens is 262 g/mol. The van der Waals surface area contributed by atoms with E-state index >= 15 is 0 Å². The van der Waals surface area contributed by atoms with Gasteiger partial charge in [0.15, 0.2) is 0 Å². The van der Waals surface area contributed by atoms with E-state index in [9.17, 15) is 14.9 Å². The van der Waals surface area contributed by atoms with Crippen LogP contribution < -0.4 is 16.4 Å². The van der Waals surface area contributed by atoms with E-state index in [0.29, 0.717) is 12.5 Å². The molecule has 0 saturated heterocycles. The Bertz CT molecular complexity index is 490. The van der Waals surface area contributed by atoms with E-state index in [1.165, 1.54) is 12.1 Å². The number of nitrogen functional groups attached to an aromatic ring is 1. The maximum atomic E-state index is 11.5. The number of hydrogen-bond acceptors (Lipinski definition) is 6. The molecule has 0 aliphatic carbocycles. The number of hydrogen-bond donors (Lipinski definition) is 3. The van der Waals surface area contributed by atoms with Crippen LogP contribution in [0.2, 0.25) is 0 Å². The van der Waals surface area contributed by atoms with E-state index in [0.717, 1.165) is 0 Å². The van der Waals surface area contributed by atoms with Crippen LogP contribution in [0, 0.1) is 16.0 Å². The highest BCUT2D eigenvalue weighted by Gasteiger charge is 2.15. The number of nitrogens with one attached hydrogen (secondary N) is 2. The van der Waals surface area contributed by atoms with E-state index in [1.54, 1.807) is 0 Å². The predicted molar refractivity (Wildman–Crippen MR) is 76.3 cm³/mol. The van der Waals surface area contributed by atoms with Gasteiger partial charge in [0.25, 0.3) is 0 Å². The number of nitrogens with zero attached hydrogens (tertiary/aromatic N) is 2. The molecule has 1 amide bonds. The monoisotopic (exact) mass is 281 g/mol. The van der Waals surface area contributed by atoms with E-state index in [1.807, 2.05) is 13.8 Å². The molecule has 8 nitrogen and oxygen atoms in total. The average Bonchev–Trinajstić information content (AvgIpc) is 2.36. The number of nitro groups is 1. The van der Waals surface area contributed by atoms with Gasteiger partial charge in [0.1, 0.15) is 5.82 Å². The van der Waals surface area contributed by atoms with Crippen molar-refractivity contribution in [1.29, 1.82) is 0 Å². The number of carbonyl (C=O) groups is 1. The largest absolute Gasteiger partial charge is 0.384 e. The summed E-state index contributed by atoms with van der Waals surface area (Å²) in [4.78, 5) is 25.6. The van der Waals surface area contributed by atoms with Crippen LogP contribution >= 0.6 is 0 Å². The highest BCUT2D eigenvalue weighted by Crippen LogP contribution is 2.22. The van der Waals surface area contributed by atoms with Gasteiger partial charge in [-0.1, -0.05) is 13.8 Å². The lowest BCUT2D eigenvalue weighted by atomic mass is 10.2. The molecule has 0 aliphatic heterocycles. The third-order valence-electron chi connectivity index (χ3n) is 2.44. The lowest BCUT2D eigenvalue weighted by Crippen LogP contribution is -2.28. The van der Waals surface area contributed by atoms with Crippen LogP contribution in [0.1, 0.15) is 20.3 Å². The highest BCUT2D eigenvalue weighted by molar-refractivity contribution is 5.76. The number of rotatable bonds is 7. The maximum absolute atomic E-state index is 11.5. The summed E-state index contributed by atoms with van der Waals surface area (Å²) in [7, 11) is 0. The molecule has 1 aromatic heterocycles. The number of aromatic nitrogens is 1. The molecule has 1 heterocycles. The second-order valence-electron chi connectivity index (χ2n) is 4.74. The second kappa shape index (κ2) is 7.27. The van der Waals surface area contributed by atoms with Gasteiger partial charge in [-0.3, -0.25) is 14.9 Å². The summed E-state index contributed by atoms with van der Waals surface area (Å²) in [5.41, 5.74) is 5.32. The van der Waals surface area contributed by atoms with Crippen molar-refractivity contribution in [2.75, 3.05) is 24.1 Å². The Morgan fingerprint density at radius 2 is 2.20 bits per heavy atom. The van der Waals surface area contributed by atoms with Gasteiger partial charge in [0.2, 0.25) is 11.7 Å². The van der Waals surface area contributed by atoms with E-state index in [2.05, 4.69) is 15.6 Å².